The largest absolute Gasteiger partial charge is 0.490 e. The van der Waals surface area contributed by atoms with Crippen molar-refractivity contribution in [3.63, 3.8) is 0 Å². The van der Waals surface area contributed by atoms with E-state index < -0.39 is 23.2 Å². The third-order valence-electron chi connectivity index (χ3n) is 3.62. The molecule has 2 rings (SSSR count). The first-order chi connectivity index (χ1) is 12.4. The number of rotatable bonds is 7. The maximum Gasteiger partial charge on any atom is 0.328 e. The van der Waals surface area contributed by atoms with Crippen molar-refractivity contribution in [2.24, 2.45) is 0 Å². The average molecular weight is 379 g/mol. The molecule has 0 aliphatic carbocycles. The molecule has 1 aliphatic heterocycles. The third kappa shape index (κ3) is 4.19. The molecule has 140 valence electrons. The lowest BCUT2D eigenvalue weighted by Crippen LogP contribution is -2.42. The summed E-state index contributed by atoms with van der Waals surface area (Å²) < 4.78 is 15.7. The van der Waals surface area contributed by atoms with Crippen molar-refractivity contribution in [3.8, 4) is 11.5 Å². The number of nitrogens with zero attached hydrogens (tertiary/aromatic N) is 1. The molecule has 0 spiro atoms. The van der Waals surface area contributed by atoms with Crippen LogP contribution in [-0.4, -0.2) is 48.4 Å². The van der Waals surface area contributed by atoms with Crippen LogP contribution in [0, 0.1) is 0 Å². The maximum atomic E-state index is 12.5. The highest BCUT2D eigenvalue weighted by atomic mass is 32.2. The van der Waals surface area contributed by atoms with Crippen LogP contribution in [0.3, 0.4) is 0 Å². The number of amides is 2. The predicted octanol–water partition coefficient (Wildman–Crippen LogP) is 3.08. The summed E-state index contributed by atoms with van der Waals surface area (Å²) in [6, 6.07) is 4.29. The first-order valence-corrected chi connectivity index (χ1v) is 8.99. The van der Waals surface area contributed by atoms with Gasteiger partial charge in [-0.05, 0) is 56.3 Å². The van der Waals surface area contributed by atoms with E-state index in [2.05, 4.69) is 4.74 Å². The van der Waals surface area contributed by atoms with Crippen LogP contribution >= 0.6 is 11.8 Å². The van der Waals surface area contributed by atoms with Gasteiger partial charge in [0.05, 0.1) is 25.2 Å². The van der Waals surface area contributed by atoms with E-state index in [0.717, 1.165) is 16.7 Å². The Morgan fingerprint density at radius 3 is 2.46 bits per heavy atom. The van der Waals surface area contributed by atoms with Crippen molar-refractivity contribution in [2.45, 2.75) is 26.8 Å². The van der Waals surface area contributed by atoms with E-state index in [1.807, 2.05) is 13.8 Å². The smallest absolute Gasteiger partial charge is 0.328 e. The van der Waals surface area contributed by atoms with E-state index >= 15 is 0 Å². The Labute approximate surface area is 156 Å². The second-order valence-electron chi connectivity index (χ2n) is 5.32. The molecule has 1 atom stereocenters. The highest BCUT2D eigenvalue weighted by Crippen LogP contribution is 2.35. The fourth-order valence-electron chi connectivity index (χ4n) is 2.40. The Morgan fingerprint density at radius 2 is 1.85 bits per heavy atom. The number of thioether (sulfide) groups is 1. The molecule has 26 heavy (non-hydrogen) atoms. The van der Waals surface area contributed by atoms with Crippen molar-refractivity contribution in [3.05, 3.63) is 28.7 Å². The van der Waals surface area contributed by atoms with Crippen LogP contribution in [0.2, 0.25) is 0 Å². The molecular weight excluding hydrogens is 358 g/mol. The zero-order valence-electron chi connectivity index (χ0n) is 15.1. The van der Waals surface area contributed by atoms with Gasteiger partial charge in [0, 0.05) is 0 Å². The quantitative estimate of drug-likeness (QED) is 0.532. The fraction of sp³-hybridized carbons (Fsp3) is 0.389. The molecule has 1 aromatic rings. The second-order valence-corrected chi connectivity index (χ2v) is 6.32. The zero-order chi connectivity index (χ0) is 19.3. The topological polar surface area (TPSA) is 82.1 Å². The van der Waals surface area contributed by atoms with Crippen molar-refractivity contribution in [2.75, 3.05) is 20.3 Å². The Kier molecular flexibility index (Phi) is 6.68. The number of methoxy groups -OCH3 is 1. The molecule has 0 unspecified atom stereocenters. The number of ether oxygens (including phenoxy) is 3. The summed E-state index contributed by atoms with van der Waals surface area (Å²) in [5.74, 6) is 0.00201. The molecule has 0 N–H and O–H groups in total. The molecule has 1 fully saturated rings. The SMILES string of the molecule is CCOc1ccc(/C=C2/SC(=O)N([C@@H](C)C(=O)OC)C2=O)cc1OCC. The maximum absolute atomic E-state index is 12.5. The predicted molar refractivity (Wildman–Crippen MR) is 98.1 cm³/mol. The lowest BCUT2D eigenvalue weighted by molar-refractivity contribution is -0.148. The number of benzene rings is 1. The monoisotopic (exact) mass is 379 g/mol. The number of carbonyl (C=O) groups is 3. The highest BCUT2D eigenvalue weighted by molar-refractivity contribution is 8.18. The summed E-state index contributed by atoms with van der Waals surface area (Å²) >= 11 is 0.785. The van der Waals surface area contributed by atoms with Crippen LogP contribution < -0.4 is 9.47 Å². The molecule has 2 amide bonds. The van der Waals surface area contributed by atoms with E-state index in [9.17, 15) is 14.4 Å². The number of hydrogen-bond acceptors (Lipinski definition) is 7. The van der Waals surface area contributed by atoms with Gasteiger partial charge < -0.3 is 14.2 Å². The van der Waals surface area contributed by atoms with Crippen molar-refractivity contribution in [1.29, 1.82) is 0 Å². The molecule has 1 heterocycles. The standard InChI is InChI=1S/C18H21NO6S/c1-5-24-13-8-7-12(9-14(13)25-6-2)10-15-16(20)19(18(22)26-15)11(3)17(21)23-4/h7-11H,5-6H2,1-4H3/b15-10+/t11-/m0/s1. The molecule has 0 saturated carbocycles. The normalized spacial score (nSPS) is 16.8. The van der Waals surface area contributed by atoms with Gasteiger partial charge in [-0.2, -0.15) is 0 Å². The molecule has 0 radical (unpaired) electrons. The lowest BCUT2D eigenvalue weighted by Gasteiger charge is -2.18. The van der Waals surface area contributed by atoms with Gasteiger partial charge in [0.25, 0.3) is 11.1 Å². The Morgan fingerprint density at radius 1 is 1.19 bits per heavy atom. The van der Waals surface area contributed by atoms with Crippen LogP contribution in [0.4, 0.5) is 4.79 Å². The number of carbonyl (C=O) groups excluding carboxylic acids is 3. The van der Waals surface area contributed by atoms with Gasteiger partial charge in [0.1, 0.15) is 6.04 Å². The molecular formula is C18H21NO6S. The van der Waals surface area contributed by atoms with Crippen LogP contribution in [-0.2, 0) is 14.3 Å². The summed E-state index contributed by atoms with van der Waals surface area (Å²) in [4.78, 5) is 37.4. The first-order valence-electron chi connectivity index (χ1n) is 8.17. The van der Waals surface area contributed by atoms with E-state index in [0.29, 0.717) is 30.3 Å². The van der Waals surface area contributed by atoms with Crippen LogP contribution in [0.25, 0.3) is 6.08 Å². The van der Waals surface area contributed by atoms with Gasteiger partial charge in [0.2, 0.25) is 0 Å². The van der Waals surface area contributed by atoms with E-state index in [1.165, 1.54) is 14.0 Å². The zero-order valence-corrected chi connectivity index (χ0v) is 15.9. The highest BCUT2D eigenvalue weighted by Gasteiger charge is 2.41. The summed E-state index contributed by atoms with van der Waals surface area (Å²) in [5, 5.41) is -0.505. The number of imide groups is 1. The third-order valence-corrected chi connectivity index (χ3v) is 4.50. The summed E-state index contributed by atoms with van der Waals surface area (Å²) in [5.41, 5.74) is 0.688. The molecule has 0 bridgehead atoms. The van der Waals surface area contributed by atoms with E-state index in [4.69, 9.17) is 9.47 Å². The van der Waals surface area contributed by atoms with Gasteiger partial charge in [0.15, 0.2) is 11.5 Å². The van der Waals surface area contributed by atoms with Crippen LogP contribution in [0.1, 0.15) is 26.3 Å². The minimum Gasteiger partial charge on any atom is -0.490 e. The minimum absolute atomic E-state index is 0.234. The second kappa shape index (κ2) is 8.75. The van der Waals surface area contributed by atoms with Crippen LogP contribution in [0.15, 0.2) is 23.1 Å². The molecule has 1 aromatic carbocycles. The summed E-state index contributed by atoms with van der Waals surface area (Å²) in [7, 11) is 1.21. The van der Waals surface area contributed by atoms with Crippen molar-refractivity contribution >= 4 is 35.0 Å². The van der Waals surface area contributed by atoms with Crippen molar-refractivity contribution in [1.82, 2.24) is 4.90 Å². The van der Waals surface area contributed by atoms with Gasteiger partial charge in [-0.1, -0.05) is 6.07 Å². The van der Waals surface area contributed by atoms with Gasteiger partial charge in [-0.25, -0.2) is 4.79 Å². The molecule has 1 aliphatic rings. The van der Waals surface area contributed by atoms with E-state index in [1.54, 1.807) is 24.3 Å². The fourth-order valence-corrected chi connectivity index (χ4v) is 3.31. The number of hydrogen-bond donors (Lipinski definition) is 0. The molecule has 1 saturated heterocycles. The van der Waals surface area contributed by atoms with Gasteiger partial charge in [-0.3, -0.25) is 14.5 Å². The molecule has 7 nitrogen and oxygen atoms in total. The van der Waals surface area contributed by atoms with Gasteiger partial charge >= 0.3 is 5.97 Å². The summed E-state index contributed by atoms with van der Waals surface area (Å²) in [6.45, 7) is 6.17. The Balaban J connectivity index is 2.29. The summed E-state index contributed by atoms with van der Waals surface area (Å²) in [6.07, 6.45) is 1.59. The average Bonchev–Trinajstić information content (AvgIpc) is 2.89. The van der Waals surface area contributed by atoms with Crippen molar-refractivity contribution < 1.29 is 28.6 Å². The van der Waals surface area contributed by atoms with Gasteiger partial charge in [-0.15, -0.1) is 0 Å². The molecule has 0 aromatic heterocycles. The molecule has 8 heteroatoms. The van der Waals surface area contributed by atoms with E-state index in [-0.39, 0.29) is 4.91 Å². The Hall–Kier alpha value is -2.48. The first kappa shape index (κ1) is 19.8. The number of esters is 1. The minimum atomic E-state index is -0.974. The van der Waals surface area contributed by atoms with Crippen LogP contribution in [0.5, 0.6) is 11.5 Å². The Bertz CT molecular complexity index is 745. The lowest BCUT2D eigenvalue weighted by atomic mass is 10.1.